The zero-order valence-corrected chi connectivity index (χ0v) is 16.0. The van der Waals surface area contributed by atoms with Crippen LogP contribution >= 0.6 is 0 Å². The Morgan fingerprint density at radius 1 is 1.38 bits per heavy atom. The lowest BCUT2D eigenvalue weighted by molar-refractivity contribution is 0.265. The maximum atomic E-state index is 5.22. The van der Waals surface area contributed by atoms with E-state index >= 15 is 0 Å². The number of rotatable bonds is 6. The highest BCUT2D eigenvalue weighted by Crippen LogP contribution is 2.18. The number of aryl methyl sites for hydroxylation is 2. The van der Waals surface area contributed by atoms with Crippen molar-refractivity contribution in [2.45, 2.75) is 60.0 Å². The van der Waals surface area contributed by atoms with Crippen LogP contribution in [0.5, 0.6) is 0 Å². The minimum atomic E-state index is 0.448. The van der Waals surface area contributed by atoms with E-state index in [0.29, 0.717) is 18.0 Å². The van der Waals surface area contributed by atoms with Crippen LogP contribution in [0.1, 0.15) is 44.7 Å². The van der Waals surface area contributed by atoms with Gasteiger partial charge in [-0.05, 0) is 47.0 Å². The molecule has 0 spiro atoms. The fourth-order valence-electron chi connectivity index (χ4n) is 3.25. The molecule has 1 aliphatic rings. The SMILES string of the molecule is CCNC(=NCCc1c(C)noc1C)NC1CN(C(C)C)CC1C. The number of nitrogens with one attached hydrogen (secondary N) is 2. The topological polar surface area (TPSA) is 65.7 Å². The van der Waals surface area contributed by atoms with Gasteiger partial charge in [-0.15, -0.1) is 0 Å². The number of nitrogens with zero attached hydrogens (tertiary/aromatic N) is 3. The highest BCUT2D eigenvalue weighted by molar-refractivity contribution is 5.80. The van der Waals surface area contributed by atoms with Crippen LogP contribution in [0.25, 0.3) is 0 Å². The summed E-state index contributed by atoms with van der Waals surface area (Å²) in [7, 11) is 0. The van der Waals surface area contributed by atoms with Crippen molar-refractivity contribution in [2.75, 3.05) is 26.2 Å². The summed E-state index contributed by atoms with van der Waals surface area (Å²) in [6.07, 6.45) is 0.857. The Kier molecular flexibility index (Phi) is 6.66. The molecule has 0 radical (unpaired) electrons. The smallest absolute Gasteiger partial charge is 0.191 e. The third kappa shape index (κ3) is 4.72. The molecule has 0 aliphatic carbocycles. The highest BCUT2D eigenvalue weighted by Gasteiger charge is 2.31. The fourth-order valence-corrected chi connectivity index (χ4v) is 3.25. The molecule has 0 aromatic carbocycles. The van der Waals surface area contributed by atoms with Gasteiger partial charge in [0, 0.05) is 43.8 Å². The van der Waals surface area contributed by atoms with Crippen molar-refractivity contribution in [2.24, 2.45) is 10.9 Å². The van der Waals surface area contributed by atoms with Gasteiger partial charge in [-0.3, -0.25) is 9.89 Å². The minimum Gasteiger partial charge on any atom is -0.361 e. The number of aromatic nitrogens is 1. The van der Waals surface area contributed by atoms with Gasteiger partial charge in [0.2, 0.25) is 0 Å². The zero-order valence-electron chi connectivity index (χ0n) is 16.0. The van der Waals surface area contributed by atoms with Crippen LogP contribution in [0.3, 0.4) is 0 Å². The molecule has 2 unspecified atom stereocenters. The fraction of sp³-hybridized carbons (Fsp3) is 0.778. The average Bonchev–Trinajstić information content (AvgIpc) is 3.04. The molecule has 0 amide bonds. The normalized spacial score (nSPS) is 22.4. The first-order valence-electron chi connectivity index (χ1n) is 9.13. The van der Waals surface area contributed by atoms with Crippen molar-refractivity contribution in [1.29, 1.82) is 0 Å². The van der Waals surface area contributed by atoms with E-state index in [1.807, 2.05) is 13.8 Å². The summed E-state index contributed by atoms with van der Waals surface area (Å²) in [5.74, 6) is 2.43. The molecule has 2 N–H and O–H groups in total. The van der Waals surface area contributed by atoms with Crippen molar-refractivity contribution < 1.29 is 4.52 Å². The van der Waals surface area contributed by atoms with E-state index < -0.39 is 0 Å². The monoisotopic (exact) mass is 335 g/mol. The van der Waals surface area contributed by atoms with E-state index in [1.165, 1.54) is 5.56 Å². The molecule has 1 aromatic heterocycles. The Balaban J connectivity index is 1.93. The van der Waals surface area contributed by atoms with Crippen LogP contribution in [0.15, 0.2) is 9.52 Å². The van der Waals surface area contributed by atoms with Crippen molar-refractivity contribution in [3.63, 3.8) is 0 Å². The zero-order chi connectivity index (χ0) is 17.7. The molecule has 2 rings (SSSR count). The molecule has 2 atom stereocenters. The van der Waals surface area contributed by atoms with Gasteiger partial charge in [0.25, 0.3) is 0 Å². The molecule has 2 heterocycles. The predicted molar refractivity (Wildman–Crippen MR) is 98.5 cm³/mol. The lowest BCUT2D eigenvalue weighted by Crippen LogP contribution is -2.47. The van der Waals surface area contributed by atoms with Gasteiger partial charge in [0.1, 0.15) is 5.76 Å². The van der Waals surface area contributed by atoms with Crippen LogP contribution in [0.4, 0.5) is 0 Å². The van der Waals surface area contributed by atoms with E-state index in [1.54, 1.807) is 0 Å². The summed E-state index contributed by atoms with van der Waals surface area (Å²) in [6, 6.07) is 1.04. The Morgan fingerprint density at radius 3 is 2.67 bits per heavy atom. The molecule has 6 nitrogen and oxygen atoms in total. The van der Waals surface area contributed by atoms with E-state index in [4.69, 9.17) is 9.52 Å². The second kappa shape index (κ2) is 8.51. The molecule has 6 heteroatoms. The maximum absolute atomic E-state index is 5.22. The Hall–Kier alpha value is -1.56. The van der Waals surface area contributed by atoms with E-state index in [2.05, 4.69) is 48.4 Å². The Bertz CT molecular complexity index is 532. The molecule has 1 aromatic rings. The molecule has 0 bridgehead atoms. The van der Waals surface area contributed by atoms with Crippen LogP contribution < -0.4 is 10.6 Å². The summed E-state index contributed by atoms with van der Waals surface area (Å²) in [5, 5.41) is 11.0. The van der Waals surface area contributed by atoms with Crippen LogP contribution in [0.2, 0.25) is 0 Å². The van der Waals surface area contributed by atoms with Crippen LogP contribution in [0, 0.1) is 19.8 Å². The van der Waals surface area contributed by atoms with Crippen LogP contribution in [-0.4, -0.2) is 54.3 Å². The largest absolute Gasteiger partial charge is 0.361 e. The number of likely N-dealkylation sites (tertiary alicyclic amines) is 1. The molecular formula is C18H33N5O. The first-order chi connectivity index (χ1) is 11.4. The third-order valence-electron chi connectivity index (χ3n) is 4.85. The van der Waals surface area contributed by atoms with Gasteiger partial charge in [-0.1, -0.05) is 12.1 Å². The third-order valence-corrected chi connectivity index (χ3v) is 4.85. The first-order valence-corrected chi connectivity index (χ1v) is 9.13. The maximum Gasteiger partial charge on any atom is 0.191 e. The van der Waals surface area contributed by atoms with Gasteiger partial charge in [-0.25, -0.2) is 0 Å². The van der Waals surface area contributed by atoms with Crippen molar-refractivity contribution in [3.05, 3.63) is 17.0 Å². The molecule has 136 valence electrons. The lowest BCUT2D eigenvalue weighted by atomic mass is 10.1. The van der Waals surface area contributed by atoms with E-state index in [-0.39, 0.29) is 0 Å². The second-order valence-corrected chi connectivity index (χ2v) is 7.09. The molecular weight excluding hydrogens is 302 g/mol. The van der Waals surface area contributed by atoms with Gasteiger partial charge in [-0.2, -0.15) is 0 Å². The van der Waals surface area contributed by atoms with Crippen LogP contribution in [-0.2, 0) is 6.42 Å². The summed E-state index contributed by atoms with van der Waals surface area (Å²) >= 11 is 0. The van der Waals surface area contributed by atoms with Gasteiger partial charge >= 0.3 is 0 Å². The number of hydrogen-bond donors (Lipinski definition) is 2. The van der Waals surface area contributed by atoms with Gasteiger partial charge in [0.15, 0.2) is 5.96 Å². The van der Waals surface area contributed by atoms with Crippen molar-refractivity contribution in [1.82, 2.24) is 20.7 Å². The summed E-state index contributed by atoms with van der Waals surface area (Å²) in [5.41, 5.74) is 2.15. The molecule has 24 heavy (non-hydrogen) atoms. The molecule has 0 saturated carbocycles. The minimum absolute atomic E-state index is 0.448. The highest BCUT2D eigenvalue weighted by atomic mass is 16.5. The average molecular weight is 335 g/mol. The molecule has 1 saturated heterocycles. The quantitative estimate of drug-likeness (QED) is 0.616. The first kappa shape index (κ1) is 18.8. The lowest BCUT2D eigenvalue weighted by Gasteiger charge is -2.21. The Morgan fingerprint density at radius 2 is 2.12 bits per heavy atom. The second-order valence-electron chi connectivity index (χ2n) is 7.09. The summed E-state index contributed by atoms with van der Waals surface area (Å²) in [4.78, 5) is 7.27. The number of guanidine groups is 1. The molecule has 1 fully saturated rings. The van der Waals surface area contributed by atoms with Crippen molar-refractivity contribution in [3.8, 4) is 0 Å². The van der Waals surface area contributed by atoms with E-state index in [9.17, 15) is 0 Å². The Labute approximate surface area is 146 Å². The predicted octanol–water partition coefficient (Wildman–Crippen LogP) is 2.12. The van der Waals surface area contributed by atoms with Gasteiger partial charge < -0.3 is 15.2 Å². The summed E-state index contributed by atoms with van der Waals surface area (Å²) in [6.45, 7) is 16.7. The number of aliphatic imine (C=N–C) groups is 1. The van der Waals surface area contributed by atoms with Crippen molar-refractivity contribution >= 4 is 5.96 Å². The number of hydrogen-bond acceptors (Lipinski definition) is 4. The van der Waals surface area contributed by atoms with Gasteiger partial charge in [0.05, 0.1) is 5.69 Å². The molecule has 1 aliphatic heterocycles. The van der Waals surface area contributed by atoms with E-state index in [0.717, 1.165) is 50.0 Å². The summed E-state index contributed by atoms with van der Waals surface area (Å²) < 4.78 is 5.22. The standard InChI is InChI=1S/C18H33N5O/c1-7-19-18(20-9-8-16-14(5)22-24-15(16)6)21-17-11-23(12(2)3)10-13(17)4/h12-13,17H,7-11H2,1-6H3,(H2,19,20,21).